The molecule has 2 aromatic rings. The zero-order chi connectivity index (χ0) is 19.4. The molecule has 3 rings (SSSR count). The predicted molar refractivity (Wildman–Crippen MR) is 111 cm³/mol. The molecular formula is C21H32N6. The summed E-state index contributed by atoms with van der Waals surface area (Å²) in [5, 5.41) is 3.57. The summed E-state index contributed by atoms with van der Waals surface area (Å²) in [4.78, 5) is 18.3. The minimum absolute atomic E-state index is 0.277. The van der Waals surface area contributed by atoms with E-state index in [4.69, 9.17) is 0 Å². The smallest absolute Gasteiger partial charge is 0.229 e. The normalized spacial score (nSPS) is 20.7. The summed E-state index contributed by atoms with van der Waals surface area (Å²) in [6, 6.07) is 11.6. The van der Waals surface area contributed by atoms with Crippen LogP contribution in [0.1, 0.15) is 50.9 Å². The van der Waals surface area contributed by atoms with Crippen LogP contribution in [0.5, 0.6) is 0 Å². The van der Waals surface area contributed by atoms with Crippen molar-refractivity contribution in [1.82, 2.24) is 19.9 Å². The Morgan fingerprint density at radius 3 is 2.52 bits per heavy atom. The molecule has 1 N–H and O–H groups in total. The number of piperidine rings is 1. The van der Waals surface area contributed by atoms with Gasteiger partial charge in [-0.1, -0.05) is 44.2 Å². The van der Waals surface area contributed by atoms with Crippen LogP contribution in [-0.2, 0) is 6.54 Å². The molecule has 2 unspecified atom stereocenters. The molecule has 0 bridgehead atoms. The van der Waals surface area contributed by atoms with Crippen LogP contribution in [0.2, 0.25) is 0 Å². The molecule has 6 heteroatoms. The van der Waals surface area contributed by atoms with Gasteiger partial charge in [0.2, 0.25) is 11.9 Å². The second kappa shape index (κ2) is 8.65. The monoisotopic (exact) mass is 368 g/mol. The van der Waals surface area contributed by atoms with Gasteiger partial charge in [0.25, 0.3) is 0 Å². The average Bonchev–Trinajstić information content (AvgIpc) is 2.64. The standard InChI is InChI=1S/C21H32N6/c1-15(2)19-23-20(25-21(24-19)26(4)5)22-18-11-12-27(16(3)13-18)14-17-9-7-6-8-10-17/h6-10,15-16,18H,11-14H2,1-5H3,(H,22,23,24,25). The second-order valence-electron chi connectivity index (χ2n) is 8.04. The quantitative estimate of drug-likeness (QED) is 0.842. The van der Waals surface area contributed by atoms with E-state index in [0.29, 0.717) is 24.0 Å². The molecule has 0 radical (unpaired) electrons. The van der Waals surface area contributed by atoms with E-state index < -0.39 is 0 Å². The molecule has 0 aliphatic carbocycles. The van der Waals surface area contributed by atoms with E-state index >= 15 is 0 Å². The van der Waals surface area contributed by atoms with Crippen LogP contribution in [0.3, 0.4) is 0 Å². The fourth-order valence-electron chi connectivity index (χ4n) is 3.49. The number of nitrogens with zero attached hydrogens (tertiary/aromatic N) is 5. The fraction of sp³-hybridized carbons (Fsp3) is 0.571. The van der Waals surface area contributed by atoms with Crippen LogP contribution in [-0.4, -0.2) is 52.6 Å². The van der Waals surface area contributed by atoms with Crippen molar-refractivity contribution in [3.8, 4) is 0 Å². The third-order valence-electron chi connectivity index (χ3n) is 5.13. The van der Waals surface area contributed by atoms with Gasteiger partial charge in [-0.05, 0) is 25.3 Å². The SMILES string of the molecule is CC(C)c1nc(NC2CCN(Cc3ccccc3)C(C)C2)nc(N(C)C)n1. The summed E-state index contributed by atoms with van der Waals surface area (Å²) >= 11 is 0. The molecule has 2 atom stereocenters. The molecule has 1 saturated heterocycles. The minimum atomic E-state index is 0.277. The van der Waals surface area contributed by atoms with E-state index in [2.05, 4.69) is 76.3 Å². The van der Waals surface area contributed by atoms with Gasteiger partial charge < -0.3 is 10.2 Å². The first-order valence-electron chi connectivity index (χ1n) is 9.90. The van der Waals surface area contributed by atoms with Crippen LogP contribution in [0.4, 0.5) is 11.9 Å². The molecule has 1 aliphatic heterocycles. The molecule has 0 saturated carbocycles. The molecule has 1 fully saturated rings. The lowest BCUT2D eigenvalue weighted by Gasteiger charge is -2.38. The third-order valence-corrected chi connectivity index (χ3v) is 5.13. The number of nitrogens with one attached hydrogen (secondary N) is 1. The third kappa shape index (κ3) is 5.16. The first-order chi connectivity index (χ1) is 12.9. The highest BCUT2D eigenvalue weighted by atomic mass is 15.3. The maximum Gasteiger partial charge on any atom is 0.229 e. The Bertz CT molecular complexity index is 704. The summed E-state index contributed by atoms with van der Waals surface area (Å²) in [5.41, 5.74) is 1.38. The molecule has 2 heterocycles. The van der Waals surface area contributed by atoms with Gasteiger partial charge in [0.15, 0.2) is 0 Å². The first kappa shape index (κ1) is 19.5. The van der Waals surface area contributed by atoms with E-state index in [1.165, 1.54) is 5.56 Å². The van der Waals surface area contributed by atoms with Crippen LogP contribution < -0.4 is 10.2 Å². The van der Waals surface area contributed by atoms with Crippen molar-refractivity contribution in [3.63, 3.8) is 0 Å². The second-order valence-corrected chi connectivity index (χ2v) is 8.04. The lowest BCUT2D eigenvalue weighted by atomic mass is 9.97. The molecule has 27 heavy (non-hydrogen) atoms. The van der Waals surface area contributed by atoms with Crippen molar-refractivity contribution in [3.05, 3.63) is 41.7 Å². The van der Waals surface area contributed by atoms with Crippen LogP contribution >= 0.6 is 0 Å². The van der Waals surface area contributed by atoms with Gasteiger partial charge >= 0.3 is 0 Å². The van der Waals surface area contributed by atoms with Gasteiger partial charge in [0, 0.05) is 45.2 Å². The lowest BCUT2D eigenvalue weighted by Crippen LogP contribution is -2.44. The Balaban J connectivity index is 1.64. The largest absolute Gasteiger partial charge is 0.351 e. The molecule has 1 aliphatic rings. The van der Waals surface area contributed by atoms with Crippen LogP contribution in [0.25, 0.3) is 0 Å². The number of benzene rings is 1. The van der Waals surface area contributed by atoms with E-state index in [1.807, 2.05) is 19.0 Å². The topological polar surface area (TPSA) is 57.2 Å². The molecular weight excluding hydrogens is 336 g/mol. The molecule has 1 aromatic heterocycles. The Morgan fingerprint density at radius 2 is 1.89 bits per heavy atom. The molecule has 146 valence electrons. The van der Waals surface area contributed by atoms with Gasteiger partial charge in [-0.15, -0.1) is 0 Å². The molecule has 0 amide bonds. The minimum Gasteiger partial charge on any atom is -0.351 e. The summed E-state index contributed by atoms with van der Waals surface area (Å²) in [6.45, 7) is 8.64. The lowest BCUT2D eigenvalue weighted by molar-refractivity contribution is 0.144. The zero-order valence-corrected chi connectivity index (χ0v) is 17.2. The van der Waals surface area contributed by atoms with Crippen molar-refractivity contribution in [2.45, 2.75) is 58.2 Å². The van der Waals surface area contributed by atoms with E-state index in [-0.39, 0.29) is 5.92 Å². The van der Waals surface area contributed by atoms with Gasteiger partial charge in [0.05, 0.1) is 0 Å². The molecule has 6 nitrogen and oxygen atoms in total. The summed E-state index contributed by atoms with van der Waals surface area (Å²) in [5.74, 6) is 2.53. The number of hydrogen-bond donors (Lipinski definition) is 1. The highest BCUT2D eigenvalue weighted by Crippen LogP contribution is 2.23. The number of likely N-dealkylation sites (tertiary alicyclic amines) is 1. The van der Waals surface area contributed by atoms with E-state index in [9.17, 15) is 0 Å². The molecule has 0 spiro atoms. The maximum absolute atomic E-state index is 4.65. The Morgan fingerprint density at radius 1 is 1.15 bits per heavy atom. The first-order valence-corrected chi connectivity index (χ1v) is 9.90. The van der Waals surface area contributed by atoms with Gasteiger partial charge in [-0.3, -0.25) is 4.90 Å². The fourth-order valence-corrected chi connectivity index (χ4v) is 3.49. The molecule has 1 aromatic carbocycles. The number of hydrogen-bond acceptors (Lipinski definition) is 6. The van der Waals surface area contributed by atoms with Crippen LogP contribution in [0, 0.1) is 0 Å². The number of aromatic nitrogens is 3. The van der Waals surface area contributed by atoms with Crippen molar-refractivity contribution in [1.29, 1.82) is 0 Å². The van der Waals surface area contributed by atoms with E-state index in [1.54, 1.807) is 0 Å². The van der Waals surface area contributed by atoms with Gasteiger partial charge in [0.1, 0.15) is 5.82 Å². The summed E-state index contributed by atoms with van der Waals surface area (Å²) < 4.78 is 0. The highest BCUT2D eigenvalue weighted by Gasteiger charge is 2.26. The van der Waals surface area contributed by atoms with Crippen molar-refractivity contribution >= 4 is 11.9 Å². The predicted octanol–water partition coefficient (Wildman–Crippen LogP) is 3.53. The number of rotatable bonds is 6. The van der Waals surface area contributed by atoms with Crippen molar-refractivity contribution in [2.75, 3.05) is 30.9 Å². The van der Waals surface area contributed by atoms with Gasteiger partial charge in [-0.25, -0.2) is 0 Å². The van der Waals surface area contributed by atoms with Gasteiger partial charge in [-0.2, -0.15) is 15.0 Å². The average molecular weight is 369 g/mol. The highest BCUT2D eigenvalue weighted by molar-refractivity contribution is 5.37. The summed E-state index contributed by atoms with van der Waals surface area (Å²) in [7, 11) is 3.93. The Labute approximate surface area is 163 Å². The Kier molecular flexibility index (Phi) is 6.26. The zero-order valence-electron chi connectivity index (χ0n) is 17.2. The van der Waals surface area contributed by atoms with Crippen molar-refractivity contribution < 1.29 is 0 Å². The Hall–Kier alpha value is -2.21. The van der Waals surface area contributed by atoms with E-state index in [0.717, 1.165) is 31.8 Å². The number of anilines is 2. The maximum atomic E-state index is 4.65. The summed E-state index contributed by atoms with van der Waals surface area (Å²) in [6.07, 6.45) is 2.18. The van der Waals surface area contributed by atoms with Crippen molar-refractivity contribution in [2.24, 2.45) is 0 Å². The van der Waals surface area contributed by atoms with Crippen LogP contribution in [0.15, 0.2) is 30.3 Å².